The van der Waals surface area contributed by atoms with E-state index in [-0.39, 0.29) is 44.1 Å². The molecule has 18 heteroatoms. The lowest BCUT2D eigenvalue weighted by molar-refractivity contribution is -0.347. The molecule has 1 unspecified atom stereocenters. The maximum Gasteiger partial charge on any atom is 0.311 e. The van der Waals surface area contributed by atoms with Crippen molar-refractivity contribution in [2.24, 2.45) is 28.8 Å². The van der Waals surface area contributed by atoms with Crippen LogP contribution in [0.2, 0.25) is 0 Å². The average Bonchev–Trinajstić information content (AvgIpc) is 3.17. The molecule has 6 N–H and O–H groups in total. The van der Waals surface area contributed by atoms with Gasteiger partial charge in [0, 0.05) is 38.0 Å². The third kappa shape index (κ3) is 11.9. The molecular weight excluding hydrogens is 776 g/mol. The Balaban J connectivity index is 2.25. The molecule has 3 aliphatic rings. The number of carbonyl (C=O) groups excluding carboxylic acids is 1. The largest absolute Gasteiger partial charge is 0.459 e. The number of hydrogen-bond acceptors (Lipinski definition) is 18. The molecule has 0 aromatic carbocycles. The van der Waals surface area contributed by atoms with E-state index >= 15 is 0 Å². The second-order valence-electron chi connectivity index (χ2n) is 17.8. The summed E-state index contributed by atoms with van der Waals surface area (Å²) < 4.78 is 47.6. The molecule has 0 amide bonds. The zero-order valence-corrected chi connectivity index (χ0v) is 37.6. The van der Waals surface area contributed by atoms with Crippen LogP contribution in [-0.2, 0) is 47.5 Å². The van der Waals surface area contributed by atoms with Gasteiger partial charge in [-0.2, -0.15) is 0 Å². The predicted octanol–water partition coefficient (Wildman–Crippen LogP) is 1.18. The van der Waals surface area contributed by atoms with Crippen LogP contribution < -0.4 is 0 Å². The Labute approximate surface area is 350 Å². The summed E-state index contributed by atoms with van der Waals surface area (Å²) in [4.78, 5) is 21.8. The Morgan fingerprint density at radius 1 is 0.864 bits per heavy atom. The van der Waals surface area contributed by atoms with Gasteiger partial charge in [0.15, 0.2) is 12.6 Å². The van der Waals surface area contributed by atoms with Crippen LogP contribution in [0.5, 0.6) is 0 Å². The number of esters is 1. The van der Waals surface area contributed by atoms with Crippen molar-refractivity contribution in [1.29, 1.82) is 0 Å². The number of aliphatic hydroxyl groups is 6. The van der Waals surface area contributed by atoms with Gasteiger partial charge in [0.25, 0.3) is 0 Å². The molecule has 0 aromatic rings. The first-order valence-electron chi connectivity index (χ1n) is 20.9. The first-order valence-corrected chi connectivity index (χ1v) is 20.9. The van der Waals surface area contributed by atoms with Crippen molar-refractivity contribution in [2.75, 3.05) is 48.3 Å². The molecule has 3 heterocycles. The third-order valence-electron chi connectivity index (χ3n) is 12.8. The number of carbonyl (C=O) groups is 1. The molecule has 0 aliphatic carbocycles. The summed E-state index contributed by atoms with van der Waals surface area (Å²) in [6, 6.07) is -0.365. The summed E-state index contributed by atoms with van der Waals surface area (Å²) in [5.74, 6) is -4.55. The van der Waals surface area contributed by atoms with E-state index in [4.69, 9.17) is 42.7 Å². The molecule has 0 aromatic heterocycles. The molecule has 18 nitrogen and oxygen atoms in total. The standard InChI is InChI=1S/C41H76N2O16/c1-15-28-40(9,50)32(45)23(4)29(42-54-20-53-17-16-51-13)21(2)19-39(8,49)35(59-37-30(44)27(43(11)12)18-22(3)55-37)24(5)31(25(6)36(48)57-28)58-38-34(47)41(10,52-14)33(46)26(7)56-38/h21-28,30-35,37-38,44-47,49-50H,15-20H2,1-14H3/b42-29+/t21-,22-,23+,24+,25-,26+,27+,28-,30-,31+,32-,33+,34?,35-,37+,38+,39-,40-,41+/m1/s1. The summed E-state index contributed by atoms with van der Waals surface area (Å²) in [6.07, 6.45) is -12.7. The number of cyclic esters (lactones) is 1. The summed E-state index contributed by atoms with van der Waals surface area (Å²) in [5, 5.41) is 75.2. The molecule has 3 aliphatic heterocycles. The summed E-state index contributed by atoms with van der Waals surface area (Å²) >= 11 is 0. The van der Waals surface area contributed by atoms with Crippen LogP contribution in [0.3, 0.4) is 0 Å². The molecule has 0 spiro atoms. The number of aliphatic hydroxyl groups excluding tert-OH is 4. The smallest absolute Gasteiger partial charge is 0.311 e. The van der Waals surface area contributed by atoms with E-state index < -0.39 is 108 Å². The highest BCUT2D eigenvalue weighted by Crippen LogP contribution is 2.41. The topological polar surface area (TPSA) is 237 Å². The Bertz CT molecular complexity index is 1340. The molecule has 346 valence electrons. The SMILES string of the molecule is CC[C@H]1OC(=O)[C@H](C)[C@@H](O[C@@H]2O[C@@H](C)[C@H](O)[C@](C)(OC)C2O)[C@H](C)[C@@H](O[C@@H]2O[C@H](C)C[C@H](N(C)C)[C@H]2O)[C@](C)(O)C[C@@H](C)/C(=N\OCOCCOC)[C@H](C)[C@@H](O)[C@]1(C)O. The molecule has 0 bridgehead atoms. The van der Waals surface area contributed by atoms with E-state index in [2.05, 4.69) is 5.16 Å². The van der Waals surface area contributed by atoms with E-state index in [0.29, 0.717) is 13.0 Å². The number of ether oxygens (including phenoxy) is 8. The lowest BCUT2D eigenvalue weighted by atomic mass is 9.73. The van der Waals surface area contributed by atoms with Crippen LogP contribution in [-0.4, -0.2) is 186 Å². The molecule has 0 radical (unpaired) electrons. The maximum absolute atomic E-state index is 14.3. The van der Waals surface area contributed by atoms with Crippen molar-refractivity contribution in [3.8, 4) is 0 Å². The van der Waals surface area contributed by atoms with Crippen LogP contribution in [0.25, 0.3) is 0 Å². The van der Waals surface area contributed by atoms with Crippen molar-refractivity contribution in [1.82, 2.24) is 4.90 Å². The Kier molecular flexibility index (Phi) is 19.0. The minimum absolute atomic E-state index is 0.0836. The average molecular weight is 853 g/mol. The molecule has 0 saturated carbocycles. The Morgan fingerprint density at radius 3 is 2.08 bits per heavy atom. The number of oxime groups is 1. The van der Waals surface area contributed by atoms with Crippen LogP contribution in [0.1, 0.15) is 88.5 Å². The van der Waals surface area contributed by atoms with Gasteiger partial charge in [-0.05, 0) is 74.9 Å². The van der Waals surface area contributed by atoms with Crippen LogP contribution >= 0.6 is 0 Å². The van der Waals surface area contributed by atoms with Gasteiger partial charge in [0.2, 0.25) is 6.79 Å². The Morgan fingerprint density at radius 2 is 1.51 bits per heavy atom. The number of likely N-dealkylation sites (N-methyl/N-ethyl adjacent to an activating group) is 1. The lowest BCUT2D eigenvalue weighted by Gasteiger charge is -2.50. The first kappa shape index (κ1) is 51.7. The normalized spacial score (nSPS) is 46.5. The predicted molar refractivity (Wildman–Crippen MR) is 214 cm³/mol. The van der Waals surface area contributed by atoms with E-state index in [9.17, 15) is 35.4 Å². The minimum atomic E-state index is -2.01. The third-order valence-corrected chi connectivity index (χ3v) is 12.8. The van der Waals surface area contributed by atoms with Crippen molar-refractivity contribution in [3.63, 3.8) is 0 Å². The molecule has 3 saturated heterocycles. The Hall–Kier alpha value is -1.62. The highest BCUT2D eigenvalue weighted by molar-refractivity contribution is 5.88. The quantitative estimate of drug-likeness (QED) is 0.0661. The minimum Gasteiger partial charge on any atom is -0.459 e. The van der Waals surface area contributed by atoms with Gasteiger partial charge in [-0.25, -0.2) is 0 Å². The van der Waals surface area contributed by atoms with Crippen LogP contribution in [0.15, 0.2) is 5.16 Å². The van der Waals surface area contributed by atoms with Gasteiger partial charge in [-0.15, -0.1) is 0 Å². The molecule has 3 fully saturated rings. The van der Waals surface area contributed by atoms with E-state index in [0.717, 1.165) is 0 Å². The molecular formula is C41H76N2O16. The van der Waals surface area contributed by atoms with E-state index in [1.54, 1.807) is 48.5 Å². The van der Waals surface area contributed by atoms with Crippen molar-refractivity contribution < 1.29 is 78.2 Å². The van der Waals surface area contributed by atoms with Gasteiger partial charge in [-0.1, -0.05) is 32.9 Å². The van der Waals surface area contributed by atoms with Gasteiger partial charge < -0.3 is 78.3 Å². The number of hydrogen-bond donors (Lipinski definition) is 6. The fourth-order valence-electron chi connectivity index (χ4n) is 8.94. The van der Waals surface area contributed by atoms with Gasteiger partial charge in [0.1, 0.15) is 35.6 Å². The second-order valence-corrected chi connectivity index (χ2v) is 17.8. The van der Waals surface area contributed by atoms with Crippen molar-refractivity contribution in [2.45, 2.75) is 179 Å². The summed E-state index contributed by atoms with van der Waals surface area (Å²) in [5.41, 5.74) is -5.13. The van der Waals surface area contributed by atoms with E-state index in [1.807, 2.05) is 25.9 Å². The lowest BCUT2D eigenvalue weighted by Crippen LogP contribution is -2.66. The van der Waals surface area contributed by atoms with E-state index in [1.165, 1.54) is 28.1 Å². The molecule has 59 heavy (non-hydrogen) atoms. The monoisotopic (exact) mass is 853 g/mol. The van der Waals surface area contributed by atoms with Gasteiger partial charge >= 0.3 is 5.97 Å². The first-order chi connectivity index (χ1) is 27.4. The maximum atomic E-state index is 14.3. The molecule has 19 atom stereocenters. The zero-order valence-electron chi connectivity index (χ0n) is 37.6. The number of methoxy groups -OCH3 is 2. The van der Waals surface area contributed by atoms with Crippen molar-refractivity contribution in [3.05, 3.63) is 0 Å². The number of nitrogens with zero attached hydrogens (tertiary/aromatic N) is 2. The van der Waals surface area contributed by atoms with Crippen molar-refractivity contribution >= 4 is 11.7 Å². The fourth-order valence-corrected chi connectivity index (χ4v) is 8.94. The fraction of sp³-hybridized carbons (Fsp3) is 0.951. The summed E-state index contributed by atoms with van der Waals surface area (Å²) in [6.45, 7) is 16.6. The second kappa shape index (κ2) is 21.6. The molecule has 3 rings (SSSR count). The zero-order chi connectivity index (χ0) is 44.8. The summed E-state index contributed by atoms with van der Waals surface area (Å²) in [7, 11) is 6.55. The van der Waals surface area contributed by atoms with Crippen LogP contribution in [0, 0.1) is 23.7 Å². The highest BCUT2D eigenvalue weighted by Gasteiger charge is 2.56. The van der Waals surface area contributed by atoms with Gasteiger partial charge in [-0.3, -0.25) is 4.79 Å². The highest BCUT2D eigenvalue weighted by atomic mass is 16.7. The van der Waals surface area contributed by atoms with Crippen LogP contribution in [0.4, 0.5) is 0 Å². The van der Waals surface area contributed by atoms with Gasteiger partial charge in [0.05, 0.1) is 61.0 Å². The number of rotatable bonds is 13.